The highest BCUT2D eigenvalue weighted by molar-refractivity contribution is 5.79. The van der Waals surface area contributed by atoms with Gasteiger partial charge in [0.1, 0.15) is 6.26 Å². The Hall–Kier alpha value is -1.64. The molecule has 2 heterocycles. The number of fused-ring (bicyclic) bond motifs is 1. The molecule has 2 rings (SSSR count). The average Bonchev–Trinajstić information content (AvgIpc) is 2.04. The third kappa shape index (κ3) is 1.00. The van der Waals surface area contributed by atoms with E-state index in [0.717, 1.165) is 10.8 Å². The number of rotatable bonds is 0. The molecule has 0 fully saturated rings. The molecule has 11 heavy (non-hydrogen) atoms. The maximum Gasteiger partial charge on any atom is 0.336 e. The second-order valence-electron chi connectivity index (χ2n) is 2.20. The van der Waals surface area contributed by atoms with Crippen LogP contribution in [0.3, 0.4) is 0 Å². The summed E-state index contributed by atoms with van der Waals surface area (Å²) < 4.78 is 4.64. The Morgan fingerprint density at radius 2 is 2.27 bits per heavy atom. The first-order valence-corrected chi connectivity index (χ1v) is 3.19. The molecule has 0 bridgehead atoms. The fourth-order valence-electron chi connectivity index (χ4n) is 0.930. The zero-order valence-corrected chi connectivity index (χ0v) is 5.65. The molecule has 3 heteroatoms. The summed E-state index contributed by atoms with van der Waals surface area (Å²) >= 11 is 0. The van der Waals surface area contributed by atoms with Gasteiger partial charge < -0.3 is 4.42 Å². The Bertz CT molecular complexity index is 433. The first-order chi connectivity index (χ1) is 5.36. The van der Waals surface area contributed by atoms with Crippen LogP contribution in [-0.2, 0) is 0 Å². The molecule has 2 aromatic rings. The van der Waals surface area contributed by atoms with Crippen LogP contribution in [0.25, 0.3) is 10.8 Å². The molecule has 2 aromatic heterocycles. The summed E-state index contributed by atoms with van der Waals surface area (Å²) in [6.07, 6.45) is 4.70. The summed E-state index contributed by atoms with van der Waals surface area (Å²) in [5.41, 5.74) is -0.330. The lowest BCUT2D eigenvalue weighted by Crippen LogP contribution is -1.93. The quantitative estimate of drug-likeness (QED) is 0.562. The van der Waals surface area contributed by atoms with E-state index in [-0.39, 0.29) is 5.63 Å². The van der Waals surface area contributed by atoms with Crippen LogP contribution in [0.1, 0.15) is 0 Å². The van der Waals surface area contributed by atoms with Gasteiger partial charge in [-0.15, -0.1) is 0 Å². The number of pyridine rings is 1. The molecule has 0 atom stereocenters. The summed E-state index contributed by atoms with van der Waals surface area (Å²) in [5, 5.41) is 1.70. The normalized spacial score (nSPS) is 10.2. The topological polar surface area (TPSA) is 43.1 Å². The lowest BCUT2D eigenvalue weighted by molar-refractivity contribution is 0.517. The maximum atomic E-state index is 10.7. The van der Waals surface area contributed by atoms with Crippen LogP contribution in [0.2, 0.25) is 0 Å². The van der Waals surface area contributed by atoms with Gasteiger partial charge in [-0.3, -0.25) is 4.98 Å². The molecular formula is C8H5NO2. The highest BCUT2D eigenvalue weighted by Gasteiger charge is 1.92. The van der Waals surface area contributed by atoms with Gasteiger partial charge in [-0.25, -0.2) is 4.79 Å². The summed E-state index contributed by atoms with van der Waals surface area (Å²) in [6.45, 7) is 0. The number of nitrogens with zero attached hydrogens (tertiary/aromatic N) is 1. The van der Waals surface area contributed by atoms with Crippen LogP contribution in [0, 0.1) is 0 Å². The van der Waals surface area contributed by atoms with E-state index in [1.54, 1.807) is 18.5 Å². The number of hydrogen-bond donors (Lipinski definition) is 0. The van der Waals surface area contributed by atoms with Gasteiger partial charge in [0, 0.05) is 23.8 Å². The standard InChI is InChI=1S/C8H5NO2/c10-8-3-6-1-2-9-4-7(6)5-11-8/h1-5H. The zero-order valence-electron chi connectivity index (χ0n) is 5.65. The molecule has 0 saturated heterocycles. The summed E-state index contributed by atoms with van der Waals surface area (Å²) in [7, 11) is 0. The predicted molar refractivity (Wildman–Crippen MR) is 40.3 cm³/mol. The second-order valence-corrected chi connectivity index (χ2v) is 2.20. The SMILES string of the molecule is O=c1cc2ccncc2co1. The number of hydrogen-bond acceptors (Lipinski definition) is 3. The first-order valence-electron chi connectivity index (χ1n) is 3.19. The fourth-order valence-corrected chi connectivity index (χ4v) is 0.930. The van der Waals surface area contributed by atoms with E-state index in [2.05, 4.69) is 9.40 Å². The second kappa shape index (κ2) is 2.20. The van der Waals surface area contributed by atoms with Crippen molar-refractivity contribution in [3.63, 3.8) is 0 Å². The van der Waals surface area contributed by atoms with Crippen molar-refractivity contribution in [3.8, 4) is 0 Å². The van der Waals surface area contributed by atoms with Gasteiger partial charge in [0.25, 0.3) is 0 Å². The lowest BCUT2D eigenvalue weighted by Gasteiger charge is -1.90. The Labute approximate surface area is 62.3 Å². The molecule has 54 valence electrons. The van der Waals surface area contributed by atoms with Gasteiger partial charge in [0.05, 0.1) is 0 Å². The van der Waals surface area contributed by atoms with Gasteiger partial charge in [-0.05, 0) is 11.5 Å². The third-order valence-electron chi connectivity index (χ3n) is 1.46. The number of aromatic nitrogens is 1. The molecule has 0 amide bonds. The molecule has 0 unspecified atom stereocenters. The van der Waals surface area contributed by atoms with Crippen molar-refractivity contribution in [2.24, 2.45) is 0 Å². The van der Waals surface area contributed by atoms with E-state index in [0.29, 0.717) is 0 Å². The van der Waals surface area contributed by atoms with Crippen LogP contribution in [0.5, 0.6) is 0 Å². The molecule has 0 aliphatic rings. The Balaban J connectivity index is 2.94. The van der Waals surface area contributed by atoms with Gasteiger partial charge >= 0.3 is 5.63 Å². The highest BCUT2D eigenvalue weighted by Crippen LogP contribution is 2.07. The maximum absolute atomic E-state index is 10.7. The van der Waals surface area contributed by atoms with Crippen LogP contribution in [0.4, 0.5) is 0 Å². The first kappa shape index (κ1) is 6.09. The van der Waals surface area contributed by atoms with Crippen LogP contribution < -0.4 is 5.63 Å². The minimum atomic E-state index is -0.330. The van der Waals surface area contributed by atoms with Crippen LogP contribution in [-0.4, -0.2) is 4.98 Å². The molecule has 0 spiro atoms. The Morgan fingerprint density at radius 1 is 1.36 bits per heavy atom. The average molecular weight is 147 g/mol. The Kier molecular flexibility index (Phi) is 1.22. The summed E-state index contributed by atoms with van der Waals surface area (Å²) in [5.74, 6) is 0. The predicted octanol–water partition coefficient (Wildman–Crippen LogP) is 1.19. The van der Waals surface area contributed by atoms with E-state index >= 15 is 0 Å². The van der Waals surface area contributed by atoms with Gasteiger partial charge in [-0.2, -0.15) is 0 Å². The minimum absolute atomic E-state index is 0.330. The van der Waals surface area contributed by atoms with E-state index in [1.165, 1.54) is 12.3 Å². The van der Waals surface area contributed by atoms with Gasteiger partial charge in [0.2, 0.25) is 0 Å². The molecule has 0 aliphatic heterocycles. The van der Waals surface area contributed by atoms with Crippen LogP contribution in [0.15, 0.2) is 40.0 Å². The smallest absolute Gasteiger partial charge is 0.336 e. The van der Waals surface area contributed by atoms with E-state index in [9.17, 15) is 4.79 Å². The van der Waals surface area contributed by atoms with Crippen molar-refractivity contribution < 1.29 is 4.42 Å². The monoisotopic (exact) mass is 147 g/mol. The lowest BCUT2D eigenvalue weighted by atomic mass is 10.2. The Morgan fingerprint density at radius 3 is 3.18 bits per heavy atom. The highest BCUT2D eigenvalue weighted by atomic mass is 16.4. The molecular weight excluding hydrogens is 142 g/mol. The van der Waals surface area contributed by atoms with Gasteiger partial charge in [0.15, 0.2) is 0 Å². The molecule has 0 aromatic carbocycles. The molecule has 3 nitrogen and oxygen atoms in total. The summed E-state index contributed by atoms with van der Waals surface area (Å²) in [4.78, 5) is 14.6. The molecule has 0 saturated carbocycles. The van der Waals surface area contributed by atoms with Crippen molar-refractivity contribution >= 4 is 10.8 Å². The third-order valence-corrected chi connectivity index (χ3v) is 1.46. The van der Waals surface area contributed by atoms with E-state index < -0.39 is 0 Å². The molecule has 0 N–H and O–H groups in total. The van der Waals surface area contributed by atoms with Crippen LogP contribution >= 0.6 is 0 Å². The fraction of sp³-hybridized carbons (Fsp3) is 0. The van der Waals surface area contributed by atoms with E-state index in [1.807, 2.05) is 0 Å². The van der Waals surface area contributed by atoms with Crippen molar-refractivity contribution in [3.05, 3.63) is 41.2 Å². The van der Waals surface area contributed by atoms with E-state index in [4.69, 9.17) is 0 Å². The van der Waals surface area contributed by atoms with Crippen molar-refractivity contribution in [1.29, 1.82) is 0 Å². The molecule has 0 aliphatic carbocycles. The van der Waals surface area contributed by atoms with Crippen molar-refractivity contribution in [2.45, 2.75) is 0 Å². The zero-order chi connectivity index (χ0) is 7.68. The minimum Gasteiger partial charge on any atom is -0.431 e. The van der Waals surface area contributed by atoms with Gasteiger partial charge in [-0.1, -0.05) is 0 Å². The van der Waals surface area contributed by atoms with Crippen molar-refractivity contribution in [2.75, 3.05) is 0 Å². The summed E-state index contributed by atoms with van der Waals surface area (Å²) in [6, 6.07) is 3.21. The molecule has 0 radical (unpaired) electrons. The van der Waals surface area contributed by atoms with Crippen molar-refractivity contribution in [1.82, 2.24) is 4.98 Å². The largest absolute Gasteiger partial charge is 0.431 e.